The number of nitrogens with one attached hydrogen (secondary N) is 3. The van der Waals surface area contributed by atoms with Crippen LogP contribution in [0, 0.1) is 5.92 Å². The van der Waals surface area contributed by atoms with E-state index in [9.17, 15) is 33.6 Å². The van der Waals surface area contributed by atoms with Gasteiger partial charge in [0, 0.05) is 34.2 Å². The van der Waals surface area contributed by atoms with E-state index in [4.69, 9.17) is 23.7 Å². The van der Waals surface area contributed by atoms with Crippen LogP contribution in [-0.4, -0.2) is 115 Å². The SMILES string of the molecule is CC(=O)N[C@@H]1[C@@H](OC(C)=O)[C@H](OC(C)=O)[C@@H](COC(C)=O)O[C@H]1NC(=O)CNCC(=O)N(CC(=O)OC(C)(C)C)CC(C)C. The second-order valence-corrected chi connectivity index (χ2v) is 11.7. The summed E-state index contributed by atoms with van der Waals surface area (Å²) in [5.74, 6) is -4.43. The van der Waals surface area contributed by atoms with E-state index in [0.29, 0.717) is 0 Å². The molecule has 3 N–H and O–H groups in total. The van der Waals surface area contributed by atoms with Crippen LogP contribution in [0.2, 0.25) is 0 Å². The monoisotopic (exact) mass is 630 g/mol. The van der Waals surface area contributed by atoms with Crippen LogP contribution in [0.15, 0.2) is 0 Å². The van der Waals surface area contributed by atoms with E-state index in [0.717, 1.165) is 20.8 Å². The standard InChI is InChI=1S/C28H46N4O12/c1-15(2)12-32(13-23(39)44-28(7,8)9)22(38)11-29-10-21(37)31-27-24(30-16(3)33)26(42-19(6)36)25(41-18(5)35)20(43-27)14-40-17(4)34/h15,20,24-27,29H,10-14H2,1-9H3,(H,30,33)(H,31,37)/t20-,24-,25-,26-,27-/m1/s1. The van der Waals surface area contributed by atoms with Gasteiger partial charge < -0.3 is 39.2 Å². The Morgan fingerprint density at radius 1 is 0.841 bits per heavy atom. The predicted octanol–water partition coefficient (Wildman–Crippen LogP) is -0.825. The van der Waals surface area contributed by atoms with Crippen molar-refractivity contribution in [2.24, 2.45) is 5.92 Å². The zero-order valence-electron chi connectivity index (χ0n) is 26.8. The van der Waals surface area contributed by atoms with Crippen LogP contribution in [0.5, 0.6) is 0 Å². The molecule has 0 radical (unpaired) electrons. The van der Waals surface area contributed by atoms with E-state index in [1.54, 1.807) is 20.8 Å². The fourth-order valence-corrected chi connectivity index (χ4v) is 4.28. The van der Waals surface area contributed by atoms with Crippen molar-refractivity contribution in [1.29, 1.82) is 0 Å². The van der Waals surface area contributed by atoms with Crippen LogP contribution in [0.3, 0.4) is 0 Å². The summed E-state index contributed by atoms with van der Waals surface area (Å²) in [7, 11) is 0. The lowest BCUT2D eigenvalue weighted by Crippen LogP contribution is -2.70. The Balaban J connectivity index is 3.06. The molecule has 1 aliphatic heterocycles. The van der Waals surface area contributed by atoms with Gasteiger partial charge in [0.15, 0.2) is 18.4 Å². The van der Waals surface area contributed by atoms with Gasteiger partial charge in [0.1, 0.15) is 30.9 Å². The molecule has 16 nitrogen and oxygen atoms in total. The fourth-order valence-electron chi connectivity index (χ4n) is 4.28. The molecule has 5 atom stereocenters. The molecule has 1 fully saturated rings. The van der Waals surface area contributed by atoms with Crippen molar-refractivity contribution in [3.63, 3.8) is 0 Å². The van der Waals surface area contributed by atoms with Gasteiger partial charge in [-0.05, 0) is 26.7 Å². The summed E-state index contributed by atoms with van der Waals surface area (Å²) in [6.45, 7) is 12.4. The summed E-state index contributed by atoms with van der Waals surface area (Å²) in [6.07, 6.45) is -5.19. The summed E-state index contributed by atoms with van der Waals surface area (Å²) in [4.78, 5) is 86.8. The van der Waals surface area contributed by atoms with Gasteiger partial charge >= 0.3 is 23.9 Å². The van der Waals surface area contributed by atoms with Gasteiger partial charge in [-0.15, -0.1) is 0 Å². The second-order valence-electron chi connectivity index (χ2n) is 11.7. The predicted molar refractivity (Wildman–Crippen MR) is 152 cm³/mol. The lowest BCUT2D eigenvalue weighted by molar-refractivity contribution is -0.227. The van der Waals surface area contributed by atoms with E-state index in [1.807, 2.05) is 13.8 Å². The van der Waals surface area contributed by atoms with Crippen LogP contribution in [0.1, 0.15) is 62.3 Å². The number of hydrogen-bond donors (Lipinski definition) is 3. The summed E-state index contributed by atoms with van der Waals surface area (Å²) in [6, 6.07) is -1.23. The maximum absolute atomic E-state index is 12.9. The van der Waals surface area contributed by atoms with Crippen LogP contribution in [0.4, 0.5) is 0 Å². The second kappa shape index (κ2) is 17.5. The molecular weight excluding hydrogens is 584 g/mol. The van der Waals surface area contributed by atoms with E-state index >= 15 is 0 Å². The van der Waals surface area contributed by atoms with Gasteiger partial charge in [0.2, 0.25) is 17.7 Å². The first-order valence-electron chi connectivity index (χ1n) is 14.2. The molecule has 1 saturated heterocycles. The van der Waals surface area contributed by atoms with Gasteiger partial charge in [-0.1, -0.05) is 13.8 Å². The maximum atomic E-state index is 12.9. The third-order valence-corrected chi connectivity index (χ3v) is 5.66. The van der Waals surface area contributed by atoms with Crippen molar-refractivity contribution in [3.05, 3.63) is 0 Å². The highest BCUT2D eigenvalue weighted by atomic mass is 16.6. The molecule has 3 amide bonds. The first kappa shape index (κ1) is 38.2. The van der Waals surface area contributed by atoms with Crippen molar-refractivity contribution < 1.29 is 57.2 Å². The Bertz CT molecular complexity index is 1060. The fraction of sp³-hybridized carbons (Fsp3) is 0.750. The zero-order valence-corrected chi connectivity index (χ0v) is 26.8. The molecule has 0 aliphatic carbocycles. The molecule has 0 saturated carbocycles. The number of carbonyl (C=O) groups excluding carboxylic acids is 7. The number of ether oxygens (including phenoxy) is 5. The first-order chi connectivity index (χ1) is 20.3. The summed E-state index contributed by atoms with van der Waals surface area (Å²) < 4.78 is 27.0. The van der Waals surface area contributed by atoms with Gasteiger partial charge in [0.25, 0.3) is 0 Å². The average Bonchev–Trinajstić information content (AvgIpc) is 2.83. The third kappa shape index (κ3) is 14.6. The number of carbonyl (C=O) groups is 7. The Morgan fingerprint density at radius 2 is 1.43 bits per heavy atom. The Morgan fingerprint density at radius 3 is 1.93 bits per heavy atom. The van der Waals surface area contributed by atoms with Crippen LogP contribution < -0.4 is 16.0 Å². The molecule has 0 aromatic carbocycles. The number of nitrogens with zero attached hydrogens (tertiary/aromatic N) is 1. The minimum absolute atomic E-state index is 0.0553. The highest BCUT2D eigenvalue weighted by Gasteiger charge is 2.51. The maximum Gasteiger partial charge on any atom is 0.326 e. The third-order valence-electron chi connectivity index (χ3n) is 5.66. The van der Waals surface area contributed by atoms with Crippen LogP contribution >= 0.6 is 0 Å². The van der Waals surface area contributed by atoms with Crippen molar-refractivity contribution >= 4 is 41.6 Å². The quantitative estimate of drug-likeness (QED) is 0.159. The topological polar surface area (TPSA) is 205 Å². The zero-order chi connectivity index (χ0) is 33.8. The van der Waals surface area contributed by atoms with E-state index in [2.05, 4.69) is 16.0 Å². The normalized spacial score (nSPS) is 21.5. The molecule has 0 unspecified atom stereocenters. The Hall–Kier alpha value is -3.79. The lowest BCUT2D eigenvalue weighted by Gasteiger charge is -2.45. The largest absolute Gasteiger partial charge is 0.463 e. The minimum atomic E-state index is -1.34. The Kier molecular flexibility index (Phi) is 15.2. The molecule has 0 spiro atoms. The van der Waals surface area contributed by atoms with E-state index in [-0.39, 0.29) is 32.1 Å². The lowest BCUT2D eigenvalue weighted by atomic mass is 9.95. The van der Waals surface area contributed by atoms with Gasteiger partial charge in [-0.2, -0.15) is 0 Å². The molecule has 16 heteroatoms. The highest BCUT2D eigenvalue weighted by Crippen LogP contribution is 2.26. The smallest absolute Gasteiger partial charge is 0.326 e. The summed E-state index contributed by atoms with van der Waals surface area (Å²) in [5.41, 5.74) is -0.722. The van der Waals surface area contributed by atoms with E-state index in [1.165, 1.54) is 11.8 Å². The summed E-state index contributed by atoms with van der Waals surface area (Å²) in [5, 5.41) is 7.81. The van der Waals surface area contributed by atoms with Crippen molar-refractivity contribution in [1.82, 2.24) is 20.9 Å². The van der Waals surface area contributed by atoms with Crippen LogP contribution in [0.25, 0.3) is 0 Å². The number of esters is 4. The first-order valence-corrected chi connectivity index (χ1v) is 14.2. The van der Waals surface area contributed by atoms with E-state index < -0.39 is 84.4 Å². The summed E-state index contributed by atoms with van der Waals surface area (Å²) >= 11 is 0. The molecule has 0 aromatic rings. The molecule has 1 heterocycles. The molecule has 1 aliphatic rings. The van der Waals surface area contributed by atoms with Gasteiger partial charge in [-0.3, -0.25) is 38.9 Å². The highest BCUT2D eigenvalue weighted by molar-refractivity contribution is 5.84. The number of amides is 3. The molecular formula is C28H46N4O12. The molecule has 0 aromatic heterocycles. The van der Waals surface area contributed by atoms with Crippen molar-refractivity contribution in [2.45, 2.75) is 98.5 Å². The van der Waals surface area contributed by atoms with Crippen LogP contribution in [-0.2, 0) is 57.2 Å². The Labute approximate surface area is 257 Å². The molecule has 250 valence electrons. The van der Waals surface area contributed by atoms with Gasteiger partial charge in [-0.25, -0.2) is 0 Å². The molecule has 1 rings (SSSR count). The number of rotatable bonds is 14. The molecule has 0 bridgehead atoms. The molecule has 44 heavy (non-hydrogen) atoms. The number of hydrogen-bond acceptors (Lipinski definition) is 13. The minimum Gasteiger partial charge on any atom is -0.463 e. The average molecular weight is 631 g/mol. The van der Waals surface area contributed by atoms with Crippen molar-refractivity contribution in [3.8, 4) is 0 Å². The van der Waals surface area contributed by atoms with Crippen molar-refractivity contribution in [2.75, 3.05) is 32.8 Å². The van der Waals surface area contributed by atoms with Gasteiger partial charge in [0.05, 0.1) is 13.1 Å².